The van der Waals surface area contributed by atoms with Crippen molar-refractivity contribution in [2.24, 2.45) is 0 Å². The maximum absolute atomic E-state index is 14.3. The molecule has 27 heavy (non-hydrogen) atoms. The van der Waals surface area contributed by atoms with Crippen LogP contribution in [0.2, 0.25) is 0 Å². The summed E-state index contributed by atoms with van der Waals surface area (Å²) in [5, 5.41) is 18.5. The van der Waals surface area contributed by atoms with Gasteiger partial charge in [0.25, 0.3) is 0 Å². The lowest BCUT2D eigenvalue weighted by Crippen LogP contribution is -2.46. The molecule has 0 radical (unpaired) electrons. The number of piperidine rings is 1. The predicted octanol–water partition coefficient (Wildman–Crippen LogP) is 3.16. The lowest BCUT2D eigenvalue weighted by molar-refractivity contribution is 0.0990. The van der Waals surface area contributed by atoms with Crippen molar-refractivity contribution in [1.82, 2.24) is 20.1 Å². The maximum Gasteiger partial charge on any atom is 0.139 e. The Hall–Kier alpha value is -0.930. The van der Waals surface area contributed by atoms with Gasteiger partial charge in [0.2, 0.25) is 0 Å². The standard InChI is InChI=1S/C17H22F2N4OS.2ClH/c1-12(24)17(23-11-21-10-22-23,25-15-4-6-20-7-5-15)9-13-2-3-14(18)8-16(13)19;;/h2-3,8,10-12,15,20,24H,4-7,9H2,1H3;2*1H. The van der Waals surface area contributed by atoms with E-state index in [0.29, 0.717) is 10.8 Å². The number of halogens is 4. The van der Waals surface area contributed by atoms with Crippen LogP contribution >= 0.6 is 36.6 Å². The third-order valence-electron chi connectivity index (χ3n) is 4.58. The van der Waals surface area contributed by atoms with Crippen molar-refractivity contribution in [2.45, 2.75) is 42.4 Å². The van der Waals surface area contributed by atoms with Crippen LogP contribution in [0, 0.1) is 11.6 Å². The highest BCUT2D eigenvalue weighted by atomic mass is 35.5. The molecule has 2 unspecified atom stereocenters. The molecule has 0 aliphatic carbocycles. The summed E-state index contributed by atoms with van der Waals surface area (Å²) < 4.78 is 29.1. The number of hydrogen-bond acceptors (Lipinski definition) is 5. The van der Waals surface area contributed by atoms with Gasteiger partial charge >= 0.3 is 0 Å². The highest BCUT2D eigenvalue weighted by Gasteiger charge is 2.42. The molecular weight excluding hydrogens is 417 g/mol. The van der Waals surface area contributed by atoms with Crippen LogP contribution in [0.1, 0.15) is 25.3 Å². The first kappa shape index (κ1) is 24.1. The van der Waals surface area contributed by atoms with Crippen molar-refractivity contribution in [2.75, 3.05) is 13.1 Å². The first-order valence-corrected chi connectivity index (χ1v) is 9.25. The van der Waals surface area contributed by atoms with Crippen LogP contribution in [-0.4, -0.2) is 44.3 Å². The number of rotatable bonds is 6. The van der Waals surface area contributed by atoms with Crippen LogP contribution in [0.5, 0.6) is 0 Å². The minimum Gasteiger partial charge on any atom is -0.390 e. The number of aliphatic hydroxyl groups excluding tert-OH is 1. The molecule has 1 fully saturated rings. The SMILES string of the molecule is CC(O)C(Cc1ccc(F)cc1F)(SC1CCNCC1)n1cncn1.Cl.Cl. The molecule has 2 aromatic rings. The number of benzene rings is 1. The summed E-state index contributed by atoms with van der Waals surface area (Å²) in [7, 11) is 0. The van der Waals surface area contributed by atoms with E-state index in [9.17, 15) is 13.9 Å². The van der Waals surface area contributed by atoms with E-state index in [2.05, 4.69) is 15.4 Å². The van der Waals surface area contributed by atoms with Gasteiger partial charge in [0, 0.05) is 17.7 Å². The van der Waals surface area contributed by atoms with Crippen LogP contribution < -0.4 is 5.32 Å². The summed E-state index contributed by atoms with van der Waals surface area (Å²) in [6.07, 6.45) is 4.25. The van der Waals surface area contributed by atoms with E-state index in [-0.39, 0.29) is 31.2 Å². The number of nitrogens with zero attached hydrogens (tertiary/aromatic N) is 3. The minimum atomic E-state index is -0.906. The van der Waals surface area contributed by atoms with E-state index in [0.717, 1.165) is 32.0 Å². The fourth-order valence-electron chi connectivity index (χ4n) is 3.16. The van der Waals surface area contributed by atoms with Crippen LogP contribution in [0.3, 0.4) is 0 Å². The zero-order valence-electron chi connectivity index (χ0n) is 14.8. The summed E-state index contributed by atoms with van der Waals surface area (Å²) in [6, 6.07) is 3.54. The van der Waals surface area contributed by atoms with Crippen molar-refractivity contribution >= 4 is 36.6 Å². The zero-order chi connectivity index (χ0) is 17.9. The van der Waals surface area contributed by atoms with E-state index in [4.69, 9.17) is 0 Å². The molecule has 5 nitrogen and oxygen atoms in total. The first-order chi connectivity index (χ1) is 12.0. The molecule has 2 atom stereocenters. The largest absolute Gasteiger partial charge is 0.390 e. The van der Waals surface area contributed by atoms with Crippen molar-refractivity contribution in [3.05, 3.63) is 48.1 Å². The van der Waals surface area contributed by atoms with Gasteiger partial charge in [0.05, 0.1) is 6.10 Å². The van der Waals surface area contributed by atoms with E-state index in [1.165, 1.54) is 18.5 Å². The molecule has 1 aromatic carbocycles. The van der Waals surface area contributed by atoms with Crippen LogP contribution in [-0.2, 0) is 11.3 Å². The first-order valence-electron chi connectivity index (χ1n) is 8.37. The van der Waals surface area contributed by atoms with Gasteiger partial charge in [-0.15, -0.1) is 36.6 Å². The van der Waals surface area contributed by atoms with Crippen molar-refractivity contribution in [1.29, 1.82) is 0 Å². The number of aliphatic hydroxyl groups is 1. The second-order valence-electron chi connectivity index (χ2n) is 6.34. The van der Waals surface area contributed by atoms with Gasteiger partial charge in [-0.2, -0.15) is 5.10 Å². The summed E-state index contributed by atoms with van der Waals surface area (Å²) >= 11 is 1.60. The summed E-state index contributed by atoms with van der Waals surface area (Å²) in [4.78, 5) is 3.10. The normalized spacial score (nSPS) is 18.1. The molecule has 1 aliphatic rings. The van der Waals surface area contributed by atoms with Gasteiger partial charge in [-0.1, -0.05) is 6.07 Å². The molecule has 0 saturated carbocycles. The zero-order valence-corrected chi connectivity index (χ0v) is 17.3. The van der Waals surface area contributed by atoms with Gasteiger partial charge < -0.3 is 10.4 Å². The Morgan fingerprint density at radius 3 is 2.59 bits per heavy atom. The molecule has 0 bridgehead atoms. The molecule has 10 heteroatoms. The van der Waals surface area contributed by atoms with Crippen LogP contribution in [0.4, 0.5) is 8.78 Å². The van der Waals surface area contributed by atoms with Crippen molar-refractivity contribution < 1.29 is 13.9 Å². The number of aromatic nitrogens is 3. The minimum absolute atomic E-state index is 0. The average molecular weight is 441 g/mol. The van der Waals surface area contributed by atoms with E-state index < -0.39 is 22.6 Å². The molecule has 1 aliphatic heterocycles. The molecule has 0 amide bonds. The van der Waals surface area contributed by atoms with Gasteiger partial charge in [-0.05, 0) is 44.5 Å². The monoisotopic (exact) mass is 440 g/mol. The van der Waals surface area contributed by atoms with Gasteiger partial charge in [-0.3, -0.25) is 0 Å². The fourth-order valence-corrected chi connectivity index (χ4v) is 4.84. The lowest BCUT2D eigenvalue weighted by atomic mass is 10.0. The highest BCUT2D eigenvalue weighted by molar-refractivity contribution is 8.00. The van der Waals surface area contributed by atoms with Gasteiger partial charge in [0.15, 0.2) is 0 Å². The van der Waals surface area contributed by atoms with Gasteiger partial charge in [0.1, 0.15) is 29.2 Å². The molecule has 0 spiro atoms. The molecule has 3 rings (SSSR count). The van der Waals surface area contributed by atoms with Gasteiger partial charge in [-0.25, -0.2) is 18.4 Å². The Morgan fingerprint density at radius 1 is 1.33 bits per heavy atom. The summed E-state index contributed by atoms with van der Waals surface area (Å²) in [5.41, 5.74) is 0.347. The molecule has 2 N–H and O–H groups in total. The Bertz CT molecular complexity index is 702. The fraction of sp³-hybridized carbons (Fsp3) is 0.529. The summed E-state index contributed by atoms with van der Waals surface area (Å²) in [6.45, 7) is 3.50. The van der Waals surface area contributed by atoms with Crippen molar-refractivity contribution in [3.8, 4) is 0 Å². The van der Waals surface area contributed by atoms with Crippen molar-refractivity contribution in [3.63, 3.8) is 0 Å². The Kier molecular flexibility index (Phi) is 9.44. The number of nitrogens with one attached hydrogen (secondary N) is 1. The second kappa shape index (κ2) is 10.6. The van der Waals surface area contributed by atoms with E-state index in [1.807, 2.05) is 0 Å². The highest BCUT2D eigenvalue weighted by Crippen LogP contribution is 2.42. The topological polar surface area (TPSA) is 63.0 Å². The molecule has 1 saturated heterocycles. The number of hydrogen-bond donors (Lipinski definition) is 2. The smallest absolute Gasteiger partial charge is 0.139 e. The van der Waals surface area contributed by atoms with Crippen LogP contribution in [0.15, 0.2) is 30.9 Å². The average Bonchev–Trinajstić information content (AvgIpc) is 3.12. The second-order valence-corrected chi connectivity index (χ2v) is 7.95. The molecule has 1 aromatic heterocycles. The number of thioether (sulfide) groups is 1. The van der Waals surface area contributed by atoms with E-state index in [1.54, 1.807) is 29.7 Å². The molecule has 152 valence electrons. The maximum atomic E-state index is 14.3. The predicted molar refractivity (Wildman–Crippen MR) is 108 cm³/mol. The molecule has 2 heterocycles. The Balaban J connectivity index is 0.00000182. The molecular formula is C17H24Cl2F2N4OS. The quantitative estimate of drug-likeness (QED) is 0.721. The third-order valence-corrected chi connectivity index (χ3v) is 6.46. The summed E-state index contributed by atoms with van der Waals surface area (Å²) in [5.74, 6) is -1.23. The Labute approximate surface area is 174 Å². The van der Waals surface area contributed by atoms with Crippen LogP contribution in [0.25, 0.3) is 0 Å². The Morgan fingerprint density at radius 2 is 2.04 bits per heavy atom. The lowest BCUT2D eigenvalue weighted by Gasteiger charge is -2.39. The van der Waals surface area contributed by atoms with E-state index >= 15 is 0 Å². The third kappa shape index (κ3) is 5.54.